The third-order valence-electron chi connectivity index (χ3n) is 2.23. The Bertz CT molecular complexity index is 310. The van der Waals surface area contributed by atoms with Gasteiger partial charge in [-0.2, -0.15) is 0 Å². The summed E-state index contributed by atoms with van der Waals surface area (Å²) in [6.45, 7) is 9.69. The Labute approximate surface area is 91.9 Å². The molecule has 1 aromatic rings. The Balaban J connectivity index is 2.53. The number of aryl methyl sites for hydroxylation is 1. The van der Waals surface area contributed by atoms with Gasteiger partial charge < -0.3 is 10.1 Å². The van der Waals surface area contributed by atoms with Crippen LogP contribution in [-0.4, -0.2) is 23.7 Å². The maximum atomic E-state index is 5.60. The first-order valence-electron chi connectivity index (χ1n) is 5.34. The standard InChI is InChI=1S/C12H20N2O/c1-5-15-12(3,4)9-14-11-10(2)7-6-8-13-11/h6-8H,5,9H2,1-4H3,(H,13,14). The molecule has 84 valence electrons. The normalized spacial score (nSPS) is 11.5. The second-order valence-electron chi connectivity index (χ2n) is 4.22. The van der Waals surface area contributed by atoms with E-state index in [1.165, 1.54) is 0 Å². The maximum Gasteiger partial charge on any atom is 0.128 e. The summed E-state index contributed by atoms with van der Waals surface area (Å²) in [7, 11) is 0. The van der Waals surface area contributed by atoms with Crippen LogP contribution in [0, 0.1) is 6.92 Å². The van der Waals surface area contributed by atoms with Gasteiger partial charge in [0.1, 0.15) is 5.82 Å². The van der Waals surface area contributed by atoms with Gasteiger partial charge in [0.05, 0.1) is 5.60 Å². The summed E-state index contributed by atoms with van der Waals surface area (Å²) >= 11 is 0. The molecule has 0 aliphatic heterocycles. The number of rotatable bonds is 5. The predicted molar refractivity (Wildman–Crippen MR) is 63.2 cm³/mol. The largest absolute Gasteiger partial charge is 0.374 e. The highest BCUT2D eigenvalue weighted by Gasteiger charge is 2.17. The van der Waals surface area contributed by atoms with E-state index in [1.807, 2.05) is 26.0 Å². The van der Waals surface area contributed by atoms with Crippen LogP contribution in [0.3, 0.4) is 0 Å². The Morgan fingerprint density at radius 1 is 1.47 bits per heavy atom. The van der Waals surface area contributed by atoms with Crippen molar-refractivity contribution in [1.29, 1.82) is 0 Å². The molecule has 1 heterocycles. The number of nitrogens with zero attached hydrogens (tertiary/aromatic N) is 1. The number of hydrogen-bond acceptors (Lipinski definition) is 3. The first-order valence-corrected chi connectivity index (χ1v) is 5.34. The minimum atomic E-state index is -0.154. The van der Waals surface area contributed by atoms with Gasteiger partial charge in [-0.25, -0.2) is 4.98 Å². The minimum Gasteiger partial charge on any atom is -0.374 e. The van der Waals surface area contributed by atoms with Crippen molar-refractivity contribution in [3.05, 3.63) is 23.9 Å². The van der Waals surface area contributed by atoms with E-state index in [4.69, 9.17) is 4.74 Å². The van der Waals surface area contributed by atoms with Crippen molar-refractivity contribution < 1.29 is 4.74 Å². The molecule has 0 radical (unpaired) electrons. The smallest absolute Gasteiger partial charge is 0.128 e. The Morgan fingerprint density at radius 2 is 2.20 bits per heavy atom. The molecule has 1 rings (SSSR count). The summed E-state index contributed by atoms with van der Waals surface area (Å²) in [6.07, 6.45) is 1.79. The van der Waals surface area contributed by atoms with Gasteiger partial charge in [-0.05, 0) is 39.3 Å². The van der Waals surface area contributed by atoms with Crippen LogP contribution >= 0.6 is 0 Å². The van der Waals surface area contributed by atoms with E-state index in [0.717, 1.165) is 24.5 Å². The fraction of sp³-hybridized carbons (Fsp3) is 0.583. The van der Waals surface area contributed by atoms with Crippen molar-refractivity contribution in [3.8, 4) is 0 Å². The Morgan fingerprint density at radius 3 is 2.80 bits per heavy atom. The molecule has 0 aromatic carbocycles. The third-order valence-corrected chi connectivity index (χ3v) is 2.23. The van der Waals surface area contributed by atoms with Crippen LogP contribution in [0.4, 0.5) is 5.82 Å². The van der Waals surface area contributed by atoms with Crippen molar-refractivity contribution in [3.63, 3.8) is 0 Å². The van der Waals surface area contributed by atoms with Gasteiger partial charge in [0.15, 0.2) is 0 Å². The van der Waals surface area contributed by atoms with Crippen LogP contribution < -0.4 is 5.32 Å². The van der Waals surface area contributed by atoms with E-state index in [1.54, 1.807) is 6.20 Å². The zero-order chi connectivity index (χ0) is 11.3. The van der Waals surface area contributed by atoms with Crippen molar-refractivity contribution in [1.82, 2.24) is 4.98 Å². The molecule has 0 bridgehead atoms. The first kappa shape index (κ1) is 12.0. The molecule has 0 amide bonds. The van der Waals surface area contributed by atoms with Crippen LogP contribution in [0.5, 0.6) is 0 Å². The lowest BCUT2D eigenvalue weighted by Gasteiger charge is -2.25. The van der Waals surface area contributed by atoms with Gasteiger partial charge in [-0.3, -0.25) is 0 Å². The Hall–Kier alpha value is -1.09. The zero-order valence-corrected chi connectivity index (χ0v) is 10.0. The second kappa shape index (κ2) is 5.12. The van der Waals surface area contributed by atoms with Crippen molar-refractivity contribution >= 4 is 5.82 Å². The number of nitrogens with one attached hydrogen (secondary N) is 1. The van der Waals surface area contributed by atoms with Crippen LogP contribution in [0.25, 0.3) is 0 Å². The monoisotopic (exact) mass is 208 g/mol. The molecule has 0 aliphatic carbocycles. The zero-order valence-electron chi connectivity index (χ0n) is 10.0. The van der Waals surface area contributed by atoms with Crippen molar-refractivity contribution in [2.24, 2.45) is 0 Å². The molecular formula is C12H20N2O. The maximum absolute atomic E-state index is 5.60. The lowest BCUT2D eigenvalue weighted by molar-refractivity contribution is 0.000637. The van der Waals surface area contributed by atoms with E-state index in [-0.39, 0.29) is 5.60 Å². The number of hydrogen-bond donors (Lipinski definition) is 1. The second-order valence-corrected chi connectivity index (χ2v) is 4.22. The quantitative estimate of drug-likeness (QED) is 0.807. The van der Waals surface area contributed by atoms with Gasteiger partial charge in [-0.15, -0.1) is 0 Å². The number of aromatic nitrogens is 1. The molecule has 0 saturated carbocycles. The summed E-state index contributed by atoms with van der Waals surface area (Å²) in [5.41, 5.74) is 1.00. The average Bonchev–Trinajstić information content (AvgIpc) is 2.16. The minimum absolute atomic E-state index is 0.154. The fourth-order valence-electron chi connectivity index (χ4n) is 1.41. The molecule has 15 heavy (non-hydrogen) atoms. The highest BCUT2D eigenvalue weighted by molar-refractivity contribution is 5.42. The topological polar surface area (TPSA) is 34.1 Å². The summed E-state index contributed by atoms with van der Waals surface area (Å²) in [5, 5.41) is 3.30. The molecule has 0 atom stereocenters. The van der Waals surface area contributed by atoms with Crippen molar-refractivity contribution in [2.45, 2.75) is 33.3 Å². The van der Waals surface area contributed by atoms with E-state index in [2.05, 4.69) is 24.1 Å². The van der Waals surface area contributed by atoms with Crippen LogP contribution in [0.2, 0.25) is 0 Å². The molecule has 3 nitrogen and oxygen atoms in total. The van der Waals surface area contributed by atoms with Crippen molar-refractivity contribution in [2.75, 3.05) is 18.5 Å². The Kier molecular flexibility index (Phi) is 4.09. The highest BCUT2D eigenvalue weighted by atomic mass is 16.5. The average molecular weight is 208 g/mol. The van der Waals surface area contributed by atoms with Crippen LogP contribution in [0.15, 0.2) is 18.3 Å². The van der Waals surface area contributed by atoms with Gasteiger partial charge in [-0.1, -0.05) is 6.07 Å². The SMILES string of the molecule is CCOC(C)(C)CNc1ncccc1C. The van der Waals surface area contributed by atoms with Gasteiger partial charge in [0.2, 0.25) is 0 Å². The summed E-state index contributed by atoms with van der Waals surface area (Å²) < 4.78 is 5.60. The molecule has 0 aliphatic rings. The molecule has 1 N–H and O–H groups in total. The van der Waals surface area contributed by atoms with Gasteiger partial charge in [0.25, 0.3) is 0 Å². The molecule has 0 unspecified atom stereocenters. The molecule has 0 spiro atoms. The molecule has 0 fully saturated rings. The first-order chi connectivity index (χ1) is 7.05. The number of pyridine rings is 1. The molecule has 0 saturated heterocycles. The van der Waals surface area contributed by atoms with E-state index >= 15 is 0 Å². The third kappa shape index (κ3) is 3.88. The lowest BCUT2D eigenvalue weighted by Crippen LogP contribution is -2.33. The van der Waals surface area contributed by atoms with Gasteiger partial charge in [0, 0.05) is 19.3 Å². The number of anilines is 1. The summed E-state index contributed by atoms with van der Waals surface area (Å²) in [4.78, 5) is 4.27. The molecule has 3 heteroatoms. The fourth-order valence-corrected chi connectivity index (χ4v) is 1.41. The van der Waals surface area contributed by atoms with E-state index < -0.39 is 0 Å². The van der Waals surface area contributed by atoms with Gasteiger partial charge >= 0.3 is 0 Å². The van der Waals surface area contributed by atoms with E-state index in [9.17, 15) is 0 Å². The lowest BCUT2D eigenvalue weighted by atomic mass is 10.1. The predicted octanol–water partition coefficient (Wildman–Crippen LogP) is 2.62. The summed E-state index contributed by atoms with van der Waals surface area (Å²) in [6, 6.07) is 3.98. The number of ether oxygens (including phenoxy) is 1. The molecule has 1 aromatic heterocycles. The van der Waals surface area contributed by atoms with Crippen LogP contribution in [0.1, 0.15) is 26.3 Å². The van der Waals surface area contributed by atoms with Crippen LogP contribution in [-0.2, 0) is 4.74 Å². The van der Waals surface area contributed by atoms with E-state index in [0.29, 0.717) is 0 Å². The highest BCUT2D eigenvalue weighted by Crippen LogP contribution is 2.13. The summed E-state index contributed by atoms with van der Waals surface area (Å²) in [5.74, 6) is 0.935. The molecular weight excluding hydrogens is 188 g/mol.